The summed E-state index contributed by atoms with van der Waals surface area (Å²) in [5, 5.41) is 0. The third kappa shape index (κ3) is 4.55. The molecule has 0 aromatic carbocycles. The molecule has 0 atom stereocenters. The molecule has 0 saturated heterocycles. The van der Waals surface area contributed by atoms with Crippen molar-refractivity contribution in [1.82, 2.24) is 9.97 Å². The Kier molecular flexibility index (Phi) is 4.64. The quantitative estimate of drug-likeness (QED) is 0.741. The van der Waals surface area contributed by atoms with Crippen LogP contribution in [0.2, 0.25) is 0 Å². The fraction of sp³-hybridized carbons (Fsp3) is 0.636. The number of nitrogens with zero attached hydrogens (tertiary/aromatic N) is 2. The zero-order valence-corrected chi connectivity index (χ0v) is 10.1. The molecule has 0 aliphatic rings. The summed E-state index contributed by atoms with van der Waals surface area (Å²) in [5.74, 6) is 0.421. The highest BCUT2D eigenvalue weighted by Crippen LogP contribution is 2.12. The first-order valence-electron chi connectivity index (χ1n) is 5.23. The van der Waals surface area contributed by atoms with Crippen molar-refractivity contribution in [3.63, 3.8) is 0 Å². The lowest BCUT2D eigenvalue weighted by atomic mass is 10.1. The molecule has 1 heterocycles. The van der Waals surface area contributed by atoms with Crippen LogP contribution in [0, 0.1) is 0 Å². The van der Waals surface area contributed by atoms with Gasteiger partial charge in [0.25, 0.3) is 0 Å². The number of aromatic nitrogens is 2. The molecule has 5 nitrogen and oxygen atoms in total. The van der Waals surface area contributed by atoms with Crippen molar-refractivity contribution in [2.24, 2.45) is 0 Å². The van der Waals surface area contributed by atoms with Crippen LogP contribution in [0.15, 0.2) is 12.4 Å². The fourth-order valence-electron chi connectivity index (χ4n) is 1.04. The first kappa shape index (κ1) is 12.9. The van der Waals surface area contributed by atoms with Gasteiger partial charge in [-0.05, 0) is 20.3 Å². The van der Waals surface area contributed by atoms with Gasteiger partial charge in [0.05, 0.1) is 30.3 Å². The molecule has 1 aromatic heterocycles. The number of methoxy groups -OCH3 is 1. The summed E-state index contributed by atoms with van der Waals surface area (Å²) in [6.07, 6.45) is 3.99. The number of rotatable bonds is 6. The van der Waals surface area contributed by atoms with Crippen LogP contribution in [-0.2, 0) is 16.1 Å². The Hall–Kier alpha value is -1.20. The van der Waals surface area contributed by atoms with E-state index in [-0.39, 0.29) is 5.60 Å². The van der Waals surface area contributed by atoms with Crippen LogP contribution >= 0.6 is 0 Å². The minimum absolute atomic E-state index is 0.146. The largest absolute Gasteiger partial charge is 0.382 e. The Labute approximate surface area is 96.0 Å². The molecule has 2 N–H and O–H groups in total. The molecule has 1 aromatic rings. The number of anilines is 1. The SMILES string of the molecule is COC(C)(C)CCOCc1cnc(N)cn1. The second-order valence-electron chi connectivity index (χ2n) is 4.20. The monoisotopic (exact) mass is 225 g/mol. The van der Waals surface area contributed by atoms with E-state index in [0.717, 1.165) is 12.1 Å². The minimum Gasteiger partial charge on any atom is -0.382 e. The van der Waals surface area contributed by atoms with Gasteiger partial charge in [-0.3, -0.25) is 4.98 Å². The molecule has 5 heteroatoms. The molecule has 90 valence electrons. The van der Waals surface area contributed by atoms with Crippen molar-refractivity contribution in [1.29, 1.82) is 0 Å². The van der Waals surface area contributed by atoms with Crippen LogP contribution in [0.25, 0.3) is 0 Å². The smallest absolute Gasteiger partial charge is 0.141 e. The molecule has 0 amide bonds. The average Bonchev–Trinajstić information content (AvgIpc) is 2.27. The van der Waals surface area contributed by atoms with Crippen LogP contribution in [0.5, 0.6) is 0 Å². The number of ether oxygens (including phenoxy) is 2. The van der Waals surface area contributed by atoms with Crippen LogP contribution in [0.1, 0.15) is 26.0 Å². The minimum atomic E-state index is -0.146. The summed E-state index contributed by atoms with van der Waals surface area (Å²) >= 11 is 0. The van der Waals surface area contributed by atoms with E-state index in [1.165, 1.54) is 6.20 Å². The van der Waals surface area contributed by atoms with E-state index in [9.17, 15) is 0 Å². The van der Waals surface area contributed by atoms with E-state index in [0.29, 0.717) is 19.0 Å². The summed E-state index contributed by atoms with van der Waals surface area (Å²) < 4.78 is 10.8. The first-order chi connectivity index (χ1) is 7.53. The van der Waals surface area contributed by atoms with E-state index in [4.69, 9.17) is 15.2 Å². The van der Waals surface area contributed by atoms with Crippen LogP contribution in [0.3, 0.4) is 0 Å². The van der Waals surface area contributed by atoms with E-state index in [1.54, 1.807) is 13.3 Å². The van der Waals surface area contributed by atoms with Gasteiger partial charge in [-0.15, -0.1) is 0 Å². The second-order valence-corrected chi connectivity index (χ2v) is 4.20. The third-order valence-corrected chi connectivity index (χ3v) is 2.38. The Balaban J connectivity index is 2.23. The maximum absolute atomic E-state index is 5.47. The summed E-state index contributed by atoms with van der Waals surface area (Å²) in [6.45, 7) is 5.14. The zero-order valence-electron chi connectivity index (χ0n) is 10.1. The van der Waals surface area contributed by atoms with Crippen LogP contribution in [0.4, 0.5) is 5.82 Å². The molecule has 0 saturated carbocycles. The van der Waals surface area contributed by atoms with Gasteiger partial charge in [0, 0.05) is 13.7 Å². The molecule has 16 heavy (non-hydrogen) atoms. The summed E-state index contributed by atoms with van der Waals surface area (Å²) in [4.78, 5) is 8.02. The van der Waals surface area contributed by atoms with Crippen molar-refractivity contribution < 1.29 is 9.47 Å². The van der Waals surface area contributed by atoms with Gasteiger partial charge in [0.15, 0.2) is 0 Å². The standard InChI is InChI=1S/C11H19N3O2/c1-11(2,15-3)4-5-16-8-9-6-14-10(12)7-13-9/h6-7H,4-5,8H2,1-3H3,(H2,12,14). The molecule has 0 bridgehead atoms. The second kappa shape index (κ2) is 5.77. The Morgan fingerprint density at radius 3 is 2.62 bits per heavy atom. The molecule has 0 spiro atoms. The van der Waals surface area contributed by atoms with Gasteiger partial charge in [-0.1, -0.05) is 0 Å². The normalized spacial score (nSPS) is 11.7. The highest BCUT2D eigenvalue weighted by atomic mass is 16.5. The maximum Gasteiger partial charge on any atom is 0.141 e. The van der Waals surface area contributed by atoms with Crippen LogP contribution < -0.4 is 5.73 Å². The molecular weight excluding hydrogens is 206 g/mol. The lowest BCUT2D eigenvalue weighted by molar-refractivity contribution is -0.0128. The Morgan fingerprint density at radius 2 is 2.06 bits per heavy atom. The summed E-state index contributed by atoms with van der Waals surface area (Å²) in [6, 6.07) is 0. The molecule has 0 fully saturated rings. The van der Waals surface area contributed by atoms with E-state index in [2.05, 4.69) is 9.97 Å². The van der Waals surface area contributed by atoms with Gasteiger partial charge in [-0.25, -0.2) is 4.98 Å². The van der Waals surface area contributed by atoms with Gasteiger partial charge in [0.2, 0.25) is 0 Å². The van der Waals surface area contributed by atoms with E-state index in [1.807, 2.05) is 13.8 Å². The fourth-order valence-corrected chi connectivity index (χ4v) is 1.04. The third-order valence-electron chi connectivity index (χ3n) is 2.38. The number of hydrogen-bond donors (Lipinski definition) is 1. The molecule has 1 rings (SSSR count). The van der Waals surface area contributed by atoms with Crippen molar-refractivity contribution >= 4 is 5.82 Å². The highest BCUT2D eigenvalue weighted by molar-refractivity contribution is 5.22. The summed E-state index contributed by atoms with van der Waals surface area (Å²) in [5.41, 5.74) is 6.06. The maximum atomic E-state index is 5.47. The van der Waals surface area contributed by atoms with Gasteiger partial charge in [-0.2, -0.15) is 0 Å². The molecule has 0 radical (unpaired) electrons. The van der Waals surface area contributed by atoms with Gasteiger partial charge >= 0.3 is 0 Å². The van der Waals surface area contributed by atoms with Crippen molar-refractivity contribution in [2.75, 3.05) is 19.5 Å². The zero-order chi connectivity index (χ0) is 12.0. The average molecular weight is 225 g/mol. The molecular formula is C11H19N3O2. The van der Waals surface area contributed by atoms with E-state index < -0.39 is 0 Å². The van der Waals surface area contributed by atoms with Crippen molar-refractivity contribution in [3.8, 4) is 0 Å². The lowest BCUT2D eigenvalue weighted by Crippen LogP contribution is -2.24. The van der Waals surface area contributed by atoms with E-state index >= 15 is 0 Å². The predicted octanol–water partition coefficient (Wildman–Crippen LogP) is 1.39. The Bertz CT molecular complexity index is 312. The summed E-state index contributed by atoms with van der Waals surface area (Å²) in [7, 11) is 1.70. The number of hydrogen-bond acceptors (Lipinski definition) is 5. The lowest BCUT2D eigenvalue weighted by Gasteiger charge is -2.22. The topological polar surface area (TPSA) is 70.3 Å². The number of nitrogen functional groups attached to an aromatic ring is 1. The molecule has 0 unspecified atom stereocenters. The molecule has 0 aliphatic heterocycles. The Morgan fingerprint density at radius 1 is 1.31 bits per heavy atom. The molecule has 0 aliphatic carbocycles. The predicted molar refractivity (Wildman–Crippen MR) is 61.8 cm³/mol. The van der Waals surface area contributed by atoms with Gasteiger partial charge < -0.3 is 15.2 Å². The van der Waals surface area contributed by atoms with Gasteiger partial charge in [0.1, 0.15) is 5.82 Å². The first-order valence-corrected chi connectivity index (χ1v) is 5.23. The van der Waals surface area contributed by atoms with Crippen molar-refractivity contribution in [3.05, 3.63) is 18.1 Å². The van der Waals surface area contributed by atoms with Crippen molar-refractivity contribution in [2.45, 2.75) is 32.5 Å². The van der Waals surface area contributed by atoms with Crippen LogP contribution in [-0.4, -0.2) is 29.3 Å². The number of nitrogens with two attached hydrogens (primary N) is 1. The highest BCUT2D eigenvalue weighted by Gasteiger charge is 2.15.